The fourth-order valence-corrected chi connectivity index (χ4v) is 1.71. The molecule has 0 bridgehead atoms. The van der Waals surface area contributed by atoms with Crippen molar-refractivity contribution in [1.29, 1.82) is 0 Å². The standard InChI is InChI=1S/C14H27N/c1-3-4-5-6-7-8-9-10-11-12-13-14-15-2/h3,14H,1,4-13H2,2H3. The Morgan fingerprint density at radius 3 is 1.73 bits per heavy atom. The smallest absolute Gasteiger partial charge is 0.0273 e. The van der Waals surface area contributed by atoms with Crippen LogP contribution in [0.5, 0.6) is 0 Å². The molecular weight excluding hydrogens is 182 g/mol. The van der Waals surface area contributed by atoms with Crippen molar-refractivity contribution >= 4 is 6.21 Å². The number of hydrogen-bond acceptors (Lipinski definition) is 1. The third-order valence-electron chi connectivity index (χ3n) is 2.67. The van der Waals surface area contributed by atoms with Crippen LogP contribution >= 0.6 is 0 Å². The minimum absolute atomic E-state index is 1.16. The fraction of sp³-hybridized carbons (Fsp3) is 0.786. The van der Waals surface area contributed by atoms with E-state index in [1.807, 2.05) is 19.3 Å². The van der Waals surface area contributed by atoms with E-state index < -0.39 is 0 Å². The van der Waals surface area contributed by atoms with E-state index in [0.29, 0.717) is 0 Å². The Morgan fingerprint density at radius 2 is 1.27 bits per heavy atom. The molecule has 0 saturated heterocycles. The summed E-state index contributed by atoms with van der Waals surface area (Å²) in [4.78, 5) is 3.98. The molecule has 0 rings (SSSR count). The molecule has 0 aliphatic heterocycles. The summed E-state index contributed by atoms with van der Waals surface area (Å²) >= 11 is 0. The van der Waals surface area contributed by atoms with Gasteiger partial charge in [-0.05, 0) is 31.9 Å². The van der Waals surface area contributed by atoms with Crippen LogP contribution in [0.3, 0.4) is 0 Å². The molecule has 0 aliphatic rings. The van der Waals surface area contributed by atoms with E-state index in [4.69, 9.17) is 0 Å². The van der Waals surface area contributed by atoms with Crippen LogP contribution in [-0.2, 0) is 0 Å². The summed E-state index contributed by atoms with van der Waals surface area (Å²) in [5.41, 5.74) is 0. The fourth-order valence-electron chi connectivity index (χ4n) is 1.71. The lowest BCUT2D eigenvalue weighted by Crippen LogP contribution is -1.82. The maximum atomic E-state index is 3.98. The molecule has 0 saturated carbocycles. The molecule has 0 heterocycles. The van der Waals surface area contributed by atoms with Crippen molar-refractivity contribution in [1.82, 2.24) is 0 Å². The largest absolute Gasteiger partial charge is 0.301 e. The summed E-state index contributed by atoms with van der Waals surface area (Å²) in [7, 11) is 1.85. The van der Waals surface area contributed by atoms with Crippen molar-refractivity contribution in [2.75, 3.05) is 7.05 Å². The normalized spacial score (nSPS) is 11.0. The molecule has 0 amide bonds. The highest BCUT2D eigenvalue weighted by molar-refractivity contribution is 5.56. The van der Waals surface area contributed by atoms with Gasteiger partial charge in [0.15, 0.2) is 0 Å². The Morgan fingerprint density at radius 1 is 0.800 bits per heavy atom. The van der Waals surface area contributed by atoms with E-state index in [1.54, 1.807) is 0 Å². The minimum atomic E-state index is 1.16. The molecule has 0 aromatic carbocycles. The van der Waals surface area contributed by atoms with Gasteiger partial charge in [0.1, 0.15) is 0 Å². The third kappa shape index (κ3) is 13.4. The lowest BCUT2D eigenvalue weighted by atomic mass is 10.1. The molecule has 1 nitrogen and oxygen atoms in total. The molecule has 0 aromatic rings. The third-order valence-corrected chi connectivity index (χ3v) is 2.67. The number of nitrogens with zero attached hydrogens (tertiary/aromatic N) is 1. The maximum Gasteiger partial charge on any atom is 0.0273 e. The van der Waals surface area contributed by atoms with Crippen molar-refractivity contribution in [2.24, 2.45) is 4.99 Å². The monoisotopic (exact) mass is 209 g/mol. The summed E-state index contributed by atoms with van der Waals surface area (Å²) in [6.45, 7) is 3.73. The summed E-state index contributed by atoms with van der Waals surface area (Å²) in [6, 6.07) is 0. The number of rotatable bonds is 11. The van der Waals surface area contributed by atoms with Crippen LogP contribution < -0.4 is 0 Å². The first-order valence-corrected chi connectivity index (χ1v) is 6.43. The molecule has 1 heteroatoms. The second-order valence-corrected chi connectivity index (χ2v) is 4.14. The van der Waals surface area contributed by atoms with E-state index in [1.165, 1.54) is 57.8 Å². The van der Waals surface area contributed by atoms with Gasteiger partial charge >= 0.3 is 0 Å². The first-order valence-electron chi connectivity index (χ1n) is 6.43. The first-order chi connectivity index (χ1) is 7.41. The average molecular weight is 209 g/mol. The molecule has 0 spiro atoms. The van der Waals surface area contributed by atoms with Gasteiger partial charge in [-0.15, -0.1) is 6.58 Å². The number of aliphatic imine (C=N–C) groups is 1. The van der Waals surface area contributed by atoms with Gasteiger partial charge < -0.3 is 4.99 Å². The molecule has 0 unspecified atom stereocenters. The van der Waals surface area contributed by atoms with Crippen LogP contribution in [0.2, 0.25) is 0 Å². The molecule has 0 atom stereocenters. The van der Waals surface area contributed by atoms with E-state index in [9.17, 15) is 0 Å². The molecule has 0 aromatic heterocycles. The Hall–Kier alpha value is -0.590. The van der Waals surface area contributed by atoms with E-state index in [-0.39, 0.29) is 0 Å². The number of hydrogen-bond donors (Lipinski definition) is 0. The molecular formula is C14H27N. The lowest BCUT2D eigenvalue weighted by molar-refractivity contribution is 0.574. The van der Waals surface area contributed by atoms with Gasteiger partial charge in [-0.1, -0.05) is 44.6 Å². The highest BCUT2D eigenvalue weighted by atomic mass is 14.6. The van der Waals surface area contributed by atoms with Crippen LogP contribution in [-0.4, -0.2) is 13.3 Å². The highest BCUT2D eigenvalue weighted by Gasteiger charge is 1.91. The zero-order valence-corrected chi connectivity index (χ0v) is 10.4. The SMILES string of the molecule is C=CCCCCCCCCCCC=NC. The van der Waals surface area contributed by atoms with Crippen LogP contribution in [0.1, 0.15) is 64.2 Å². The van der Waals surface area contributed by atoms with Gasteiger partial charge in [-0.3, -0.25) is 0 Å². The molecule has 15 heavy (non-hydrogen) atoms. The Bertz CT molecular complexity index is 149. The summed E-state index contributed by atoms with van der Waals surface area (Å²) in [5, 5.41) is 0. The van der Waals surface area contributed by atoms with Gasteiger partial charge in [0.05, 0.1) is 0 Å². The van der Waals surface area contributed by atoms with Crippen molar-refractivity contribution in [3.8, 4) is 0 Å². The minimum Gasteiger partial charge on any atom is -0.301 e. The van der Waals surface area contributed by atoms with Gasteiger partial charge in [0.25, 0.3) is 0 Å². The van der Waals surface area contributed by atoms with Gasteiger partial charge in [0, 0.05) is 7.05 Å². The highest BCUT2D eigenvalue weighted by Crippen LogP contribution is 2.10. The van der Waals surface area contributed by atoms with Gasteiger partial charge in [0.2, 0.25) is 0 Å². The maximum absolute atomic E-state index is 3.98. The Balaban J connectivity index is 2.89. The second-order valence-electron chi connectivity index (χ2n) is 4.14. The summed E-state index contributed by atoms with van der Waals surface area (Å²) in [6.07, 6.45) is 17.4. The molecule has 0 aliphatic carbocycles. The molecule has 0 radical (unpaired) electrons. The quantitative estimate of drug-likeness (QED) is 0.264. The topological polar surface area (TPSA) is 12.4 Å². The van der Waals surface area contributed by atoms with Crippen LogP contribution in [0.4, 0.5) is 0 Å². The zero-order chi connectivity index (χ0) is 11.2. The molecule has 0 fully saturated rings. The summed E-state index contributed by atoms with van der Waals surface area (Å²) < 4.78 is 0. The zero-order valence-electron chi connectivity index (χ0n) is 10.4. The van der Waals surface area contributed by atoms with Crippen molar-refractivity contribution in [3.05, 3.63) is 12.7 Å². The predicted octanol–water partition coefficient (Wildman–Crippen LogP) is 4.77. The Labute approximate surface area is 95.7 Å². The van der Waals surface area contributed by atoms with Crippen LogP contribution in [0.25, 0.3) is 0 Å². The Kier molecular flexibility index (Phi) is 12.9. The van der Waals surface area contributed by atoms with E-state index >= 15 is 0 Å². The first kappa shape index (κ1) is 14.4. The number of allylic oxidation sites excluding steroid dienone is 1. The van der Waals surface area contributed by atoms with Crippen molar-refractivity contribution in [3.63, 3.8) is 0 Å². The van der Waals surface area contributed by atoms with Gasteiger partial charge in [-0.2, -0.15) is 0 Å². The predicted molar refractivity (Wildman–Crippen MR) is 70.8 cm³/mol. The summed E-state index contributed by atoms with van der Waals surface area (Å²) in [5.74, 6) is 0. The average Bonchev–Trinajstić information content (AvgIpc) is 2.26. The number of unbranched alkanes of at least 4 members (excludes halogenated alkanes) is 9. The van der Waals surface area contributed by atoms with Crippen molar-refractivity contribution < 1.29 is 0 Å². The van der Waals surface area contributed by atoms with E-state index in [2.05, 4.69) is 11.6 Å². The van der Waals surface area contributed by atoms with Crippen LogP contribution in [0, 0.1) is 0 Å². The molecule has 0 N–H and O–H groups in total. The van der Waals surface area contributed by atoms with E-state index in [0.717, 1.165) is 6.42 Å². The molecule has 88 valence electrons. The van der Waals surface area contributed by atoms with Crippen LogP contribution in [0.15, 0.2) is 17.6 Å². The van der Waals surface area contributed by atoms with Crippen molar-refractivity contribution in [2.45, 2.75) is 64.2 Å². The second kappa shape index (κ2) is 13.4. The lowest BCUT2D eigenvalue weighted by Gasteiger charge is -2.00. The van der Waals surface area contributed by atoms with Gasteiger partial charge in [-0.25, -0.2) is 0 Å².